The molecule has 0 bridgehead atoms. The molecule has 2 aliphatic rings. The van der Waals surface area contributed by atoms with Crippen LogP contribution in [-0.2, 0) is 5.41 Å². The zero-order chi connectivity index (χ0) is 48.0. The molecule has 2 nitrogen and oxygen atoms in total. The summed E-state index contributed by atoms with van der Waals surface area (Å²) in [6.45, 7) is 5.02. The van der Waals surface area contributed by atoms with Crippen molar-refractivity contribution < 1.29 is 0 Å². The molecular weight excluding hydrogens is 885 g/mol. The maximum Gasteiger partial charge on any atom is 0.113 e. The Kier molecular flexibility index (Phi) is 9.61. The molecule has 0 atom stereocenters. The number of nitrogens with zero attached hydrogens (tertiary/aromatic N) is 2. The standard InChI is InChI=1S/C69H50N2Si/c1-72(2)67-29-17-14-26-60(67)61-42-40-56(46-68(61)72)70(55-39-41-58-57-24-12-15-27-63(57)69(64(58)45-55,51-18-6-3-7-19-51)52-20-8-4-9-21-52)54-37-34-48(35-38-54)47-30-32-49(33-31-47)50-36-43-66-62(44-50)59-25-13-16-28-65(59)71(66)53-22-10-5-11-23-53/h3-46H,1-2H3. The van der Waals surface area contributed by atoms with Crippen molar-refractivity contribution in [1.82, 2.24) is 4.57 Å². The average molecular weight is 935 g/mol. The Hall–Kier alpha value is -8.76. The molecule has 0 fully saturated rings. The minimum absolute atomic E-state index is 0.507. The number of rotatable bonds is 8. The third-order valence-electron chi connectivity index (χ3n) is 15.9. The van der Waals surface area contributed by atoms with E-state index >= 15 is 0 Å². The summed E-state index contributed by atoms with van der Waals surface area (Å²) in [5, 5.41) is 5.52. The van der Waals surface area contributed by atoms with Gasteiger partial charge < -0.3 is 9.47 Å². The van der Waals surface area contributed by atoms with Gasteiger partial charge in [0.1, 0.15) is 8.07 Å². The second-order valence-electron chi connectivity index (χ2n) is 20.0. The zero-order valence-electron chi connectivity index (χ0n) is 40.3. The number of benzene rings is 11. The fraction of sp³-hybridized carbons (Fsp3) is 0.0435. The SMILES string of the molecule is C[Si]1(C)c2ccccc2-c2ccc(N(c3ccc(-c4ccc(-c5ccc6c(c5)c5ccccc5n6-c5ccccc5)cc4)cc3)c3ccc4c(c3)C(c3ccccc3)(c3ccccc3)c3ccccc3-4)cc21. The molecule has 0 unspecified atom stereocenters. The van der Waals surface area contributed by atoms with Gasteiger partial charge >= 0.3 is 0 Å². The van der Waals surface area contributed by atoms with Crippen molar-refractivity contribution in [3.63, 3.8) is 0 Å². The van der Waals surface area contributed by atoms with Gasteiger partial charge in [0.05, 0.1) is 16.4 Å². The number of hydrogen-bond acceptors (Lipinski definition) is 1. The molecule has 1 aliphatic carbocycles. The minimum atomic E-state index is -1.98. The molecule has 72 heavy (non-hydrogen) atoms. The Morgan fingerprint density at radius 1 is 0.333 bits per heavy atom. The predicted octanol–water partition coefficient (Wildman–Crippen LogP) is 16.8. The van der Waals surface area contributed by atoms with Crippen molar-refractivity contribution >= 4 is 57.3 Å². The molecule has 3 heteroatoms. The van der Waals surface area contributed by atoms with E-state index in [4.69, 9.17) is 0 Å². The first-order valence-corrected chi connectivity index (χ1v) is 28.2. The molecule has 0 saturated carbocycles. The highest BCUT2D eigenvalue weighted by molar-refractivity contribution is 7.03. The molecule has 12 aromatic rings. The topological polar surface area (TPSA) is 8.17 Å². The molecular formula is C69H50N2Si. The van der Waals surface area contributed by atoms with E-state index in [2.05, 4.69) is 289 Å². The van der Waals surface area contributed by atoms with Crippen molar-refractivity contribution in [2.24, 2.45) is 0 Å². The summed E-state index contributed by atoms with van der Waals surface area (Å²) in [6, 6.07) is 99.4. The smallest absolute Gasteiger partial charge is 0.113 e. The van der Waals surface area contributed by atoms with E-state index in [-0.39, 0.29) is 0 Å². The Labute approximate surface area is 422 Å². The van der Waals surface area contributed by atoms with E-state index < -0.39 is 13.5 Å². The first kappa shape index (κ1) is 42.1. The van der Waals surface area contributed by atoms with Gasteiger partial charge in [0.2, 0.25) is 0 Å². The van der Waals surface area contributed by atoms with Crippen molar-refractivity contribution in [1.29, 1.82) is 0 Å². The highest BCUT2D eigenvalue weighted by atomic mass is 28.3. The average Bonchev–Trinajstić information content (AvgIpc) is 4.02. The molecule has 0 spiro atoms. The third-order valence-corrected chi connectivity index (χ3v) is 19.4. The van der Waals surface area contributed by atoms with Gasteiger partial charge in [0.25, 0.3) is 0 Å². The summed E-state index contributed by atoms with van der Waals surface area (Å²) >= 11 is 0. The third kappa shape index (κ3) is 6.34. The summed E-state index contributed by atoms with van der Waals surface area (Å²) in [7, 11) is -1.98. The molecule has 0 N–H and O–H groups in total. The molecule has 340 valence electrons. The lowest BCUT2D eigenvalue weighted by molar-refractivity contribution is 0.768. The Balaban J connectivity index is 0.878. The van der Waals surface area contributed by atoms with Crippen LogP contribution in [0.5, 0.6) is 0 Å². The lowest BCUT2D eigenvalue weighted by Gasteiger charge is -2.35. The molecule has 0 radical (unpaired) electrons. The lowest BCUT2D eigenvalue weighted by Crippen LogP contribution is -2.49. The van der Waals surface area contributed by atoms with Gasteiger partial charge in [-0.15, -0.1) is 0 Å². The highest BCUT2D eigenvalue weighted by Crippen LogP contribution is 2.57. The van der Waals surface area contributed by atoms with E-state index in [1.165, 1.54) is 110 Å². The normalized spacial score (nSPS) is 13.6. The van der Waals surface area contributed by atoms with Crippen LogP contribution in [0.1, 0.15) is 22.3 Å². The Bertz CT molecular complexity index is 4000. The van der Waals surface area contributed by atoms with Crippen molar-refractivity contribution in [2.45, 2.75) is 18.5 Å². The number of aromatic nitrogens is 1. The number of para-hydroxylation sites is 2. The minimum Gasteiger partial charge on any atom is -0.310 e. The van der Waals surface area contributed by atoms with Gasteiger partial charge in [0, 0.05) is 33.5 Å². The summed E-state index contributed by atoms with van der Waals surface area (Å²) in [5.74, 6) is 0. The molecule has 0 amide bonds. The van der Waals surface area contributed by atoms with E-state index in [0.29, 0.717) is 0 Å². The molecule has 1 aromatic heterocycles. The van der Waals surface area contributed by atoms with Crippen molar-refractivity contribution in [3.8, 4) is 50.2 Å². The quantitative estimate of drug-likeness (QED) is 0.138. The van der Waals surface area contributed by atoms with Gasteiger partial charge in [-0.3, -0.25) is 0 Å². The number of fused-ring (bicyclic) bond motifs is 9. The van der Waals surface area contributed by atoms with Crippen LogP contribution in [-0.4, -0.2) is 12.6 Å². The van der Waals surface area contributed by atoms with Gasteiger partial charge in [-0.1, -0.05) is 213 Å². The number of hydrogen-bond donors (Lipinski definition) is 0. The van der Waals surface area contributed by atoms with Crippen LogP contribution in [0.3, 0.4) is 0 Å². The maximum absolute atomic E-state index is 2.51. The van der Waals surface area contributed by atoms with Gasteiger partial charge in [-0.05, 0) is 144 Å². The summed E-state index contributed by atoms with van der Waals surface area (Å²) in [4.78, 5) is 2.50. The van der Waals surface area contributed by atoms with E-state index in [0.717, 1.165) is 11.4 Å². The maximum atomic E-state index is 2.51. The highest BCUT2D eigenvalue weighted by Gasteiger charge is 2.46. The van der Waals surface area contributed by atoms with Gasteiger partial charge in [-0.25, -0.2) is 0 Å². The molecule has 2 heterocycles. The number of anilines is 3. The van der Waals surface area contributed by atoms with E-state index in [1.807, 2.05) is 0 Å². The van der Waals surface area contributed by atoms with Crippen LogP contribution in [0, 0.1) is 0 Å². The van der Waals surface area contributed by atoms with Crippen LogP contribution in [0.15, 0.2) is 267 Å². The van der Waals surface area contributed by atoms with Crippen LogP contribution < -0.4 is 15.3 Å². The van der Waals surface area contributed by atoms with Gasteiger partial charge in [-0.2, -0.15) is 0 Å². The van der Waals surface area contributed by atoms with Crippen LogP contribution in [0.25, 0.3) is 72.0 Å². The van der Waals surface area contributed by atoms with Crippen molar-refractivity contribution in [2.75, 3.05) is 4.90 Å². The monoisotopic (exact) mass is 934 g/mol. The predicted molar refractivity (Wildman–Crippen MR) is 306 cm³/mol. The fourth-order valence-electron chi connectivity index (χ4n) is 12.5. The molecule has 14 rings (SSSR count). The fourth-order valence-corrected chi connectivity index (χ4v) is 15.6. The molecule has 1 aliphatic heterocycles. The van der Waals surface area contributed by atoms with E-state index in [9.17, 15) is 0 Å². The molecule has 11 aromatic carbocycles. The van der Waals surface area contributed by atoms with Crippen LogP contribution >= 0.6 is 0 Å². The first-order valence-electron chi connectivity index (χ1n) is 25.2. The Morgan fingerprint density at radius 3 is 1.53 bits per heavy atom. The lowest BCUT2D eigenvalue weighted by atomic mass is 9.67. The first-order chi connectivity index (χ1) is 35.5. The van der Waals surface area contributed by atoms with Crippen LogP contribution in [0.2, 0.25) is 13.1 Å². The second-order valence-corrected chi connectivity index (χ2v) is 24.4. The Morgan fingerprint density at radius 2 is 0.819 bits per heavy atom. The van der Waals surface area contributed by atoms with Crippen LogP contribution in [0.4, 0.5) is 17.1 Å². The summed E-state index contributed by atoms with van der Waals surface area (Å²) in [5.41, 5.74) is 21.8. The van der Waals surface area contributed by atoms with Gasteiger partial charge in [0.15, 0.2) is 0 Å². The molecule has 0 saturated heterocycles. The summed E-state index contributed by atoms with van der Waals surface area (Å²) < 4.78 is 2.38. The summed E-state index contributed by atoms with van der Waals surface area (Å²) in [6.07, 6.45) is 0. The zero-order valence-corrected chi connectivity index (χ0v) is 41.3. The largest absolute Gasteiger partial charge is 0.310 e. The van der Waals surface area contributed by atoms with E-state index in [1.54, 1.807) is 0 Å². The van der Waals surface area contributed by atoms with Crippen molar-refractivity contribution in [3.05, 3.63) is 289 Å². The second kappa shape index (κ2) is 16.4.